The average molecular weight is 271 g/mol. The van der Waals surface area contributed by atoms with Crippen LogP contribution in [0.25, 0.3) is 11.5 Å². The molecule has 3 rings (SSSR count). The van der Waals surface area contributed by atoms with Crippen molar-refractivity contribution in [3.05, 3.63) is 35.7 Å². The Balaban J connectivity index is 1.72. The summed E-state index contributed by atoms with van der Waals surface area (Å²) in [6.45, 7) is 7.39. The lowest BCUT2D eigenvalue weighted by atomic mass is 10.0. The maximum atomic E-state index is 5.82. The Morgan fingerprint density at radius 3 is 2.95 bits per heavy atom. The van der Waals surface area contributed by atoms with Gasteiger partial charge in [-0.2, -0.15) is 0 Å². The molecule has 0 N–H and O–H groups in total. The molecule has 0 saturated carbocycles. The highest BCUT2D eigenvalue weighted by atomic mass is 16.4. The molecule has 1 aromatic heterocycles. The van der Waals surface area contributed by atoms with Crippen LogP contribution in [0.4, 0.5) is 0 Å². The van der Waals surface area contributed by atoms with Crippen LogP contribution in [0.5, 0.6) is 0 Å². The van der Waals surface area contributed by atoms with Gasteiger partial charge in [-0.15, -0.1) is 10.2 Å². The van der Waals surface area contributed by atoms with Crippen molar-refractivity contribution in [3.63, 3.8) is 0 Å². The SMILES string of the molecule is Cc1ccccc1-c1nnc(CN2CCCC(C)C2)o1. The summed E-state index contributed by atoms with van der Waals surface area (Å²) >= 11 is 0. The number of aryl methyl sites for hydroxylation is 1. The van der Waals surface area contributed by atoms with Crippen LogP contribution in [0.15, 0.2) is 28.7 Å². The predicted molar refractivity (Wildman–Crippen MR) is 78.1 cm³/mol. The first-order valence-corrected chi connectivity index (χ1v) is 7.33. The highest BCUT2D eigenvalue weighted by Gasteiger charge is 2.19. The summed E-state index contributed by atoms with van der Waals surface area (Å²) in [5.74, 6) is 2.11. The van der Waals surface area contributed by atoms with E-state index in [1.54, 1.807) is 0 Å². The van der Waals surface area contributed by atoms with E-state index in [0.717, 1.165) is 42.6 Å². The molecule has 0 amide bonds. The Hall–Kier alpha value is -1.68. The highest BCUT2D eigenvalue weighted by Crippen LogP contribution is 2.23. The molecule has 4 heteroatoms. The van der Waals surface area contributed by atoms with Crippen LogP contribution < -0.4 is 0 Å². The van der Waals surface area contributed by atoms with Gasteiger partial charge in [-0.25, -0.2) is 0 Å². The molecule has 1 aliphatic rings. The van der Waals surface area contributed by atoms with Gasteiger partial charge in [0.05, 0.1) is 6.54 Å². The van der Waals surface area contributed by atoms with E-state index in [-0.39, 0.29) is 0 Å². The zero-order chi connectivity index (χ0) is 13.9. The first-order chi connectivity index (χ1) is 9.72. The minimum atomic E-state index is 0.628. The number of benzene rings is 1. The van der Waals surface area contributed by atoms with Crippen molar-refractivity contribution in [3.8, 4) is 11.5 Å². The van der Waals surface area contributed by atoms with Gasteiger partial charge < -0.3 is 4.42 Å². The third kappa shape index (κ3) is 2.90. The molecule has 0 aliphatic carbocycles. The van der Waals surface area contributed by atoms with E-state index in [9.17, 15) is 0 Å². The lowest BCUT2D eigenvalue weighted by molar-refractivity contribution is 0.163. The van der Waals surface area contributed by atoms with E-state index in [1.165, 1.54) is 12.8 Å². The zero-order valence-corrected chi connectivity index (χ0v) is 12.2. The minimum absolute atomic E-state index is 0.628. The third-order valence-electron chi connectivity index (χ3n) is 3.94. The summed E-state index contributed by atoms with van der Waals surface area (Å²) in [4.78, 5) is 2.41. The van der Waals surface area contributed by atoms with E-state index in [1.807, 2.05) is 18.2 Å². The van der Waals surface area contributed by atoms with Crippen LogP contribution in [0.1, 0.15) is 31.2 Å². The van der Waals surface area contributed by atoms with E-state index in [2.05, 4.69) is 35.0 Å². The Morgan fingerprint density at radius 1 is 1.30 bits per heavy atom. The average Bonchev–Trinajstić information content (AvgIpc) is 2.87. The van der Waals surface area contributed by atoms with Gasteiger partial charge in [0.2, 0.25) is 11.8 Å². The zero-order valence-electron chi connectivity index (χ0n) is 12.2. The Kier molecular flexibility index (Phi) is 3.83. The van der Waals surface area contributed by atoms with Crippen molar-refractivity contribution >= 4 is 0 Å². The second kappa shape index (κ2) is 5.75. The molecule has 0 spiro atoms. The summed E-state index contributed by atoms with van der Waals surface area (Å²) in [5, 5.41) is 8.38. The summed E-state index contributed by atoms with van der Waals surface area (Å²) < 4.78 is 5.82. The van der Waals surface area contributed by atoms with Gasteiger partial charge in [0.25, 0.3) is 0 Å². The Labute approximate surface area is 119 Å². The van der Waals surface area contributed by atoms with Crippen molar-refractivity contribution in [2.75, 3.05) is 13.1 Å². The molecule has 20 heavy (non-hydrogen) atoms. The molecule has 2 heterocycles. The van der Waals surface area contributed by atoms with Crippen LogP contribution in [0, 0.1) is 12.8 Å². The fourth-order valence-electron chi connectivity index (χ4n) is 2.86. The number of likely N-dealkylation sites (tertiary alicyclic amines) is 1. The minimum Gasteiger partial charge on any atom is -0.419 e. The van der Waals surface area contributed by atoms with Gasteiger partial charge in [0.1, 0.15) is 0 Å². The summed E-state index contributed by atoms with van der Waals surface area (Å²) in [5.41, 5.74) is 2.19. The second-order valence-electron chi connectivity index (χ2n) is 5.80. The van der Waals surface area contributed by atoms with Gasteiger partial charge >= 0.3 is 0 Å². The van der Waals surface area contributed by atoms with Crippen molar-refractivity contribution in [2.45, 2.75) is 33.2 Å². The van der Waals surface area contributed by atoms with Gasteiger partial charge in [0.15, 0.2) is 0 Å². The second-order valence-corrected chi connectivity index (χ2v) is 5.80. The van der Waals surface area contributed by atoms with Crippen LogP contribution in [-0.2, 0) is 6.54 Å². The maximum absolute atomic E-state index is 5.82. The molecular formula is C16H21N3O. The number of nitrogens with zero attached hydrogens (tertiary/aromatic N) is 3. The van der Waals surface area contributed by atoms with Crippen molar-refractivity contribution in [2.24, 2.45) is 5.92 Å². The molecule has 1 aliphatic heterocycles. The largest absolute Gasteiger partial charge is 0.419 e. The standard InChI is InChI=1S/C16H21N3O/c1-12-6-5-9-19(10-12)11-15-17-18-16(20-15)14-8-4-3-7-13(14)2/h3-4,7-8,12H,5-6,9-11H2,1-2H3. The Morgan fingerprint density at radius 2 is 2.15 bits per heavy atom. The molecule has 1 unspecified atom stereocenters. The fraction of sp³-hybridized carbons (Fsp3) is 0.500. The smallest absolute Gasteiger partial charge is 0.248 e. The summed E-state index contributed by atoms with van der Waals surface area (Å²) in [7, 11) is 0. The topological polar surface area (TPSA) is 42.2 Å². The molecule has 106 valence electrons. The van der Waals surface area contributed by atoms with Gasteiger partial charge in [0, 0.05) is 12.1 Å². The molecule has 1 saturated heterocycles. The summed E-state index contributed by atoms with van der Waals surface area (Å²) in [6, 6.07) is 8.10. The predicted octanol–water partition coefficient (Wildman–Crippen LogP) is 3.28. The fourth-order valence-corrected chi connectivity index (χ4v) is 2.86. The van der Waals surface area contributed by atoms with Crippen molar-refractivity contribution < 1.29 is 4.42 Å². The van der Waals surface area contributed by atoms with E-state index in [4.69, 9.17) is 4.42 Å². The normalized spacial score (nSPS) is 20.2. The van der Waals surface area contributed by atoms with E-state index < -0.39 is 0 Å². The molecule has 0 bridgehead atoms. The first kappa shape index (κ1) is 13.3. The monoisotopic (exact) mass is 271 g/mol. The number of hydrogen-bond donors (Lipinski definition) is 0. The van der Waals surface area contributed by atoms with Crippen LogP contribution >= 0.6 is 0 Å². The van der Waals surface area contributed by atoms with Gasteiger partial charge in [-0.3, -0.25) is 4.90 Å². The highest BCUT2D eigenvalue weighted by molar-refractivity contribution is 5.57. The van der Waals surface area contributed by atoms with Crippen LogP contribution in [-0.4, -0.2) is 28.2 Å². The molecular weight excluding hydrogens is 250 g/mol. The van der Waals surface area contributed by atoms with Crippen LogP contribution in [0.3, 0.4) is 0 Å². The van der Waals surface area contributed by atoms with Crippen LogP contribution in [0.2, 0.25) is 0 Å². The third-order valence-corrected chi connectivity index (χ3v) is 3.94. The maximum Gasteiger partial charge on any atom is 0.248 e. The lowest BCUT2D eigenvalue weighted by Gasteiger charge is -2.29. The molecule has 1 fully saturated rings. The number of rotatable bonds is 3. The Bertz CT molecular complexity index is 579. The van der Waals surface area contributed by atoms with E-state index in [0.29, 0.717) is 5.89 Å². The molecule has 1 aromatic carbocycles. The molecule has 4 nitrogen and oxygen atoms in total. The molecule has 0 radical (unpaired) electrons. The number of hydrogen-bond acceptors (Lipinski definition) is 4. The van der Waals surface area contributed by atoms with Gasteiger partial charge in [-0.05, 0) is 43.9 Å². The number of piperidine rings is 1. The summed E-state index contributed by atoms with van der Waals surface area (Å²) in [6.07, 6.45) is 2.59. The first-order valence-electron chi connectivity index (χ1n) is 7.33. The quantitative estimate of drug-likeness (QED) is 0.859. The molecule has 1 atom stereocenters. The number of aromatic nitrogens is 2. The molecule has 2 aromatic rings. The van der Waals surface area contributed by atoms with Crippen molar-refractivity contribution in [1.29, 1.82) is 0 Å². The van der Waals surface area contributed by atoms with E-state index >= 15 is 0 Å². The lowest BCUT2D eigenvalue weighted by Crippen LogP contribution is -2.33. The van der Waals surface area contributed by atoms with Gasteiger partial charge in [-0.1, -0.05) is 25.1 Å². The van der Waals surface area contributed by atoms with Crippen molar-refractivity contribution in [1.82, 2.24) is 15.1 Å².